The minimum Gasteiger partial charge on any atom is -0.325 e. The molecule has 1 heterocycles. The molecule has 3 aromatic carbocycles. The Kier molecular flexibility index (Phi) is 6.39. The number of nitrogens with one attached hydrogen (secondary N) is 1. The van der Waals surface area contributed by atoms with Crippen LogP contribution in [0.5, 0.6) is 0 Å². The topological polar surface area (TPSA) is 42.0 Å². The first-order valence-electron chi connectivity index (χ1n) is 9.31. The van der Waals surface area contributed by atoms with Crippen molar-refractivity contribution in [3.8, 4) is 21.8 Å². The summed E-state index contributed by atoms with van der Waals surface area (Å²) in [5, 5.41) is 6.04. The molecular weight excluding hydrogens is 396 g/mol. The SMILES string of the molecule is O=C(CSCc1ccccc1)Nc1cccc(-c2csc(-c3ccccc3)n2)c1. The van der Waals surface area contributed by atoms with Crippen LogP contribution in [-0.4, -0.2) is 16.6 Å². The second-order valence-corrected chi connectivity index (χ2v) is 8.36. The van der Waals surface area contributed by atoms with Crippen LogP contribution in [0.25, 0.3) is 21.8 Å². The zero-order chi connectivity index (χ0) is 19.9. The van der Waals surface area contributed by atoms with E-state index in [0.717, 1.165) is 33.3 Å². The molecule has 0 spiro atoms. The quantitative estimate of drug-likeness (QED) is 0.382. The number of carbonyl (C=O) groups is 1. The fourth-order valence-electron chi connectivity index (χ4n) is 2.91. The van der Waals surface area contributed by atoms with Gasteiger partial charge < -0.3 is 5.32 Å². The summed E-state index contributed by atoms with van der Waals surface area (Å²) in [6.07, 6.45) is 0. The number of rotatable bonds is 7. The third kappa shape index (κ3) is 5.34. The predicted molar refractivity (Wildman–Crippen MR) is 124 cm³/mol. The van der Waals surface area contributed by atoms with Gasteiger partial charge in [0.1, 0.15) is 5.01 Å². The lowest BCUT2D eigenvalue weighted by molar-refractivity contribution is -0.113. The number of carbonyl (C=O) groups excluding carboxylic acids is 1. The summed E-state index contributed by atoms with van der Waals surface area (Å²) < 4.78 is 0. The van der Waals surface area contributed by atoms with Gasteiger partial charge in [0.25, 0.3) is 0 Å². The summed E-state index contributed by atoms with van der Waals surface area (Å²) in [6.45, 7) is 0. The molecule has 0 aliphatic rings. The number of benzene rings is 3. The van der Waals surface area contributed by atoms with E-state index in [9.17, 15) is 4.79 Å². The normalized spacial score (nSPS) is 10.6. The molecule has 0 unspecified atom stereocenters. The molecule has 29 heavy (non-hydrogen) atoms. The Hall–Kier alpha value is -2.89. The van der Waals surface area contributed by atoms with Crippen molar-refractivity contribution in [3.05, 3.63) is 95.9 Å². The monoisotopic (exact) mass is 416 g/mol. The highest BCUT2D eigenvalue weighted by atomic mass is 32.2. The first-order chi connectivity index (χ1) is 14.3. The maximum atomic E-state index is 12.3. The van der Waals surface area contributed by atoms with E-state index in [1.54, 1.807) is 23.1 Å². The summed E-state index contributed by atoms with van der Waals surface area (Å²) in [4.78, 5) is 17.0. The van der Waals surface area contributed by atoms with Gasteiger partial charge in [0.2, 0.25) is 5.91 Å². The van der Waals surface area contributed by atoms with Gasteiger partial charge in [-0.05, 0) is 17.7 Å². The highest BCUT2D eigenvalue weighted by Gasteiger charge is 2.08. The molecule has 0 radical (unpaired) electrons. The molecule has 1 amide bonds. The lowest BCUT2D eigenvalue weighted by atomic mass is 10.1. The van der Waals surface area contributed by atoms with Crippen LogP contribution in [-0.2, 0) is 10.5 Å². The molecule has 0 saturated carbocycles. The minimum absolute atomic E-state index is 0.00586. The second kappa shape index (κ2) is 9.54. The molecule has 5 heteroatoms. The number of hydrogen-bond acceptors (Lipinski definition) is 4. The molecule has 4 aromatic rings. The van der Waals surface area contributed by atoms with Gasteiger partial charge in [-0.1, -0.05) is 72.8 Å². The van der Waals surface area contributed by atoms with E-state index in [4.69, 9.17) is 4.98 Å². The largest absolute Gasteiger partial charge is 0.325 e. The molecule has 144 valence electrons. The van der Waals surface area contributed by atoms with Crippen LogP contribution in [0.4, 0.5) is 5.69 Å². The van der Waals surface area contributed by atoms with Gasteiger partial charge in [-0.15, -0.1) is 23.1 Å². The van der Waals surface area contributed by atoms with Gasteiger partial charge in [-0.3, -0.25) is 4.79 Å². The van der Waals surface area contributed by atoms with Gasteiger partial charge in [-0.2, -0.15) is 0 Å². The third-order valence-corrected chi connectivity index (χ3v) is 6.21. The Morgan fingerprint density at radius 2 is 1.62 bits per heavy atom. The maximum Gasteiger partial charge on any atom is 0.234 e. The van der Waals surface area contributed by atoms with Crippen LogP contribution >= 0.6 is 23.1 Å². The summed E-state index contributed by atoms with van der Waals surface area (Å²) in [5.41, 5.74) is 5.05. The van der Waals surface area contributed by atoms with Crippen molar-refractivity contribution in [2.45, 2.75) is 5.75 Å². The molecule has 0 bridgehead atoms. The summed E-state index contributed by atoms with van der Waals surface area (Å²) in [7, 11) is 0. The van der Waals surface area contributed by atoms with E-state index in [1.165, 1.54) is 5.56 Å². The van der Waals surface area contributed by atoms with Crippen molar-refractivity contribution in [2.24, 2.45) is 0 Å². The first kappa shape index (κ1) is 19.4. The van der Waals surface area contributed by atoms with Crippen molar-refractivity contribution < 1.29 is 4.79 Å². The van der Waals surface area contributed by atoms with E-state index >= 15 is 0 Å². The van der Waals surface area contributed by atoms with Crippen molar-refractivity contribution in [2.75, 3.05) is 11.1 Å². The smallest absolute Gasteiger partial charge is 0.234 e. The molecule has 0 aliphatic heterocycles. The van der Waals surface area contributed by atoms with Crippen molar-refractivity contribution in [1.29, 1.82) is 0 Å². The molecular formula is C24H20N2OS2. The number of thiazole rings is 1. The van der Waals surface area contributed by atoms with Crippen molar-refractivity contribution >= 4 is 34.7 Å². The summed E-state index contributed by atoms with van der Waals surface area (Å²) in [5.74, 6) is 1.26. The molecule has 4 rings (SSSR count). The highest BCUT2D eigenvalue weighted by Crippen LogP contribution is 2.29. The third-order valence-electron chi connectivity index (χ3n) is 4.31. The second-order valence-electron chi connectivity index (χ2n) is 6.51. The number of aromatic nitrogens is 1. The average Bonchev–Trinajstić information content (AvgIpc) is 3.26. The molecule has 0 atom stereocenters. The number of anilines is 1. The Labute approximate surface area is 178 Å². The van der Waals surface area contributed by atoms with Gasteiger partial charge in [0.05, 0.1) is 11.4 Å². The van der Waals surface area contributed by atoms with E-state index in [0.29, 0.717) is 5.75 Å². The van der Waals surface area contributed by atoms with Crippen molar-refractivity contribution in [1.82, 2.24) is 4.98 Å². The van der Waals surface area contributed by atoms with Crippen LogP contribution < -0.4 is 5.32 Å². The Balaban J connectivity index is 1.37. The Bertz CT molecular complexity index is 1080. The molecule has 1 N–H and O–H groups in total. The zero-order valence-corrected chi connectivity index (χ0v) is 17.4. The predicted octanol–water partition coefficient (Wildman–Crippen LogP) is 6.35. The number of thioether (sulfide) groups is 1. The molecule has 0 aliphatic carbocycles. The maximum absolute atomic E-state index is 12.3. The van der Waals surface area contributed by atoms with Crippen molar-refractivity contribution in [3.63, 3.8) is 0 Å². The minimum atomic E-state index is 0.00586. The lowest BCUT2D eigenvalue weighted by Gasteiger charge is -2.07. The Morgan fingerprint density at radius 3 is 2.41 bits per heavy atom. The average molecular weight is 417 g/mol. The van der Waals surface area contributed by atoms with Gasteiger partial charge in [0, 0.05) is 27.9 Å². The molecule has 3 nitrogen and oxygen atoms in total. The van der Waals surface area contributed by atoms with Crippen LogP contribution in [0.1, 0.15) is 5.56 Å². The summed E-state index contributed by atoms with van der Waals surface area (Å²) >= 11 is 3.24. The molecule has 0 fully saturated rings. The first-order valence-corrected chi connectivity index (χ1v) is 11.3. The van der Waals surface area contributed by atoms with Gasteiger partial charge >= 0.3 is 0 Å². The lowest BCUT2D eigenvalue weighted by Crippen LogP contribution is -2.14. The van der Waals surface area contributed by atoms with E-state index in [1.807, 2.05) is 60.7 Å². The fourth-order valence-corrected chi connectivity index (χ4v) is 4.53. The van der Waals surface area contributed by atoms with Crippen LogP contribution in [0.2, 0.25) is 0 Å². The molecule has 0 saturated heterocycles. The number of amides is 1. The van der Waals surface area contributed by atoms with Crippen LogP contribution in [0.15, 0.2) is 90.3 Å². The van der Waals surface area contributed by atoms with E-state index in [-0.39, 0.29) is 5.91 Å². The van der Waals surface area contributed by atoms with E-state index in [2.05, 4.69) is 35.0 Å². The standard InChI is InChI=1S/C24H20N2OS2/c27-23(17-28-15-18-8-3-1-4-9-18)25-21-13-7-12-20(14-21)22-16-29-24(26-22)19-10-5-2-6-11-19/h1-14,16H,15,17H2,(H,25,27). The summed E-state index contributed by atoms with van der Waals surface area (Å²) in [6, 6.07) is 28.2. The number of hydrogen-bond donors (Lipinski definition) is 1. The Morgan fingerprint density at radius 1 is 0.897 bits per heavy atom. The fraction of sp³-hybridized carbons (Fsp3) is 0.0833. The van der Waals surface area contributed by atoms with E-state index < -0.39 is 0 Å². The molecule has 1 aromatic heterocycles. The zero-order valence-electron chi connectivity index (χ0n) is 15.7. The van der Waals surface area contributed by atoms with Gasteiger partial charge in [-0.25, -0.2) is 4.98 Å². The van der Waals surface area contributed by atoms with Crippen LogP contribution in [0.3, 0.4) is 0 Å². The number of nitrogens with zero attached hydrogens (tertiary/aromatic N) is 1. The highest BCUT2D eigenvalue weighted by molar-refractivity contribution is 7.99. The van der Waals surface area contributed by atoms with Gasteiger partial charge in [0.15, 0.2) is 0 Å². The van der Waals surface area contributed by atoms with Crippen LogP contribution in [0, 0.1) is 0 Å².